The van der Waals surface area contributed by atoms with Gasteiger partial charge in [0.25, 0.3) is 10.0 Å². The molecule has 0 aliphatic carbocycles. The van der Waals surface area contributed by atoms with Gasteiger partial charge in [-0.2, -0.15) is 0 Å². The Kier molecular flexibility index (Phi) is 7.70. The summed E-state index contributed by atoms with van der Waals surface area (Å²) in [7, 11) is -4.16. The molecule has 4 rings (SSSR count). The van der Waals surface area contributed by atoms with Crippen LogP contribution in [0.5, 0.6) is 0 Å². The monoisotopic (exact) mass is 495 g/mol. The van der Waals surface area contributed by atoms with Crippen LogP contribution in [-0.2, 0) is 21.4 Å². The number of para-hydroxylation sites is 1. The summed E-state index contributed by atoms with van der Waals surface area (Å²) in [6.07, 6.45) is 3.66. The van der Waals surface area contributed by atoms with Gasteiger partial charge >= 0.3 is 0 Å². The number of amides is 1. The van der Waals surface area contributed by atoms with Crippen molar-refractivity contribution in [1.82, 2.24) is 5.32 Å². The fraction of sp³-hybridized carbons (Fsp3) is 0.296. The highest BCUT2D eigenvalue weighted by Gasteiger charge is 2.29. The van der Waals surface area contributed by atoms with Crippen molar-refractivity contribution < 1.29 is 17.6 Å². The Morgan fingerprint density at radius 3 is 2.26 bits per heavy atom. The van der Waals surface area contributed by atoms with E-state index in [4.69, 9.17) is 0 Å². The first kappa shape index (κ1) is 24.7. The van der Waals surface area contributed by atoms with Gasteiger partial charge in [0.15, 0.2) is 0 Å². The number of piperidine rings is 1. The first-order valence-corrected chi connectivity index (χ1v) is 13.2. The Hall–Kier alpha value is -3.39. The predicted octanol–water partition coefficient (Wildman–Crippen LogP) is 4.64. The molecule has 35 heavy (non-hydrogen) atoms. The second-order valence-corrected chi connectivity index (χ2v) is 10.6. The average Bonchev–Trinajstić information content (AvgIpc) is 2.87. The van der Waals surface area contributed by atoms with Crippen molar-refractivity contribution in [3.8, 4) is 0 Å². The van der Waals surface area contributed by atoms with E-state index in [-0.39, 0.29) is 17.1 Å². The lowest BCUT2D eigenvalue weighted by molar-refractivity contribution is -0.119. The largest absolute Gasteiger partial charge is 0.372 e. The minimum absolute atomic E-state index is 0.00699. The molecule has 1 aliphatic heterocycles. The lowest BCUT2D eigenvalue weighted by atomic mass is 10.1. The SMILES string of the molecule is Cc1ccc(S(=O)(=O)N(CC(=O)NCc2ccc(N3CCCCC3)cc2)c2ccccc2F)cc1. The van der Waals surface area contributed by atoms with Crippen LogP contribution in [0, 0.1) is 12.7 Å². The third kappa shape index (κ3) is 6.00. The van der Waals surface area contributed by atoms with Crippen LogP contribution in [-0.4, -0.2) is 34.0 Å². The molecule has 0 radical (unpaired) electrons. The first-order valence-electron chi connectivity index (χ1n) is 11.8. The van der Waals surface area contributed by atoms with Crippen molar-refractivity contribution in [2.45, 2.75) is 37.6 Å². The molecule has 0 spiro atoms. The molecule has 184 valence electrons. The van der Waals surface area contributed by atoms with Crippen molar-refractivity contribution >= 4 is 27.3 Å². The molecule has 3 aromatic rings. The van der Waals surface area contributed by atoms with Crippen LogP contribution < -0.4 is 14.5 Å². The summed E-state index contributed by atoms with van der Waals surface area (Å²) in [5.74, 6) is -1.24. The van der Waals surface area contributed by atoms with Crippen LogP contribution in [0.1, 0.15) is 30.4 Å². The summed E-state index contributed by atoms with van der Waals surface area (Å²) in [4.78, 5) is 15.2. The summed E-state index contributed by atoms with van der Waals surface area (Å²) in [6, 6.07) is 19.8. The number of nitrogens with zero attached hydrogens (tertiary/aromatic N) is 2. The summed E-state index contributed by atoms with van der Waals surface area (Å²) in [5.41, 5.74) is 2.78. The molecule has 0 unspecified atom stereocenters. The minimum atomic E-state index is -4.16. The summed E-state index contributed by atoms with van der Waals surface area (Å²) >= 11 is 0. The van der Waals surface area contributed by atoms with Crippen LogP contribution in [0.2, 0.25) is 0 Å². The Morgan fingerprint density at radius 2 is 1.60 bits per heavy atom. The zero-order valence-electron chi connectivity index (χ0n) is 19.8. The fourth-order valence-electron chi connectivity index (χ4n) is 4.15. The van der Waals surface area contributed by atoms with Gasteiger partial charge in [0.05, 0.1) is 10.6 Å². The number of aryl methyl sites for hydroxylation is 1. The van der Waals surface area contributed by atoms with Crippen molar-refractivity contribution in [1.29, 1.82) is 0 Å². The molecule has 6 nitrogen and oxygen atoms in total. The molecule has 0 aromatic heterocycles. The number of hydrogen-bond acceptors (Lipinski definition) is 4. The number of rotatable bonds is 8. The molecule has 3 aromatic carbocycles. The standard InChI is InChI=1S/C27H30FN3O3S/c1-21-9-15-24(16-10-21)35(33,34)31(26-8-4-3-7-25(26)28)20-27(32)29-19-22-11-13-23(14-12-22)30-17-5-2-6-18-30/h3-4,7-16H,2,5-6,17-20H2,1H3,(H,29,32). The lowest BCUT2D eigenvalue weighted by Crippen LogP contribution is -2.41. The average molecular weight is 496 g/mol. The van der Waals surface area contributed by atoms with E-state index < -0.39 is 28.3 Å². The number of hydrogen-bond donors (Lipinski definition) is 1. The third-order valence-electron chi connectivity index (χ3n) is 6.16. The molecule has 1 aliphatic rings. The number of nitrogens with one attached hydrogen (secondary N) is 1. The number of anilines is 2. The molecular formula is C27H30FN3O3S. The molecular weight excluding hydrogens is 465 g/mol. The summed E-state index contributed by atoms with van der Waals surface area (Å²) in [6.45, 7) is 3.66. The summed E-state index contributed by atoms with van der Waals surface area (Å²) in [5, 5.41) is 2.77. The Morgan fingerprint density at radius 1 is 0.943 bits per heavy atom. The molecule has 0 saturated carbocycles. The van der Waals surface area contributed by atoms with E-state index in [1.807, 2.05) is 31.2 Å². The van der Waals surface area contributed by atoms with Crippen LogP contribution in [0.3, 0.4) is 0 Å². The second kappa shape index (κ2) is 10.9. The maximum atomic E-state index is 14.6. The smallest absolute Gasteiger partial charge is 0.264 e. The van der Waals surface area contributed by atoms with Gasteiger partial charge in [0.2, 0.25) is 5.91 Å². The highest BCUT2D eigenvalue weighted by atomic mass is 32.2. The lowest BCUT2D eigenvalue weighted by Gasteiger charge is -2.28. The van der Waals surface area contributed by atoms with Crippen molar-refractivity contribution in [2.75, 3.05) is 28.8 Å². The highest BCUT2D eigenvalue weighted by Crippen LogP contribution is 2.26. The molecule has 8 heteroatoms. The molecule has 1 N–H and O–H groups in total. The van der Waals surface area contributed by atoms with Crippen LogP contribution in [0.25, 0.3) is 0 Å². The third-order valence-corrected chi connectivity index (χ3v) is 7.94. The molecule has 0 bridgehead atoms. The topological polar surface area (TPSA) is 69.7 Å². The Labute approximate surface area is 206 Å². The predicted molar refractivity (Wildman–Crippen MR) is 136 cm³/mol. The van der Waals surface area contributed by atoms with Crippen molar-refractivity contribution in [3.05, 3.63) is 89.7 Å². The molecule has 1 saturated heterocycles. The molecule has 1 heterocycles. The van der Waals surface area contributed by atoms with Gasteiger partial charge in [-0.15, -0.1) is 0 Å². The van der Waals surface area contributed by atoms with Gasteiger partial charge in [-0.1, -0.05) is 42.0 Å². The van der Waals surface area contributed by atoms with Gasteiger partial charge in [-0.3, -0.25) is 9.10 Å². The number of sulfonamides is 1. The van der Waals surface area contributed by atoms with E-state index in [1.54, 1.807) is 12.1 Å². The summed E-state index contributed by atoms with van der Waals surface area (Å²) < 4.78 is 42.2. The molecule has 1 fully saturated rings. The Bertz CT molecular complexity index is 1260. The Balaban J connectivity index is 1.47. The van der Waals surface area contributed by atoms with E-state index in [1.165, 1.54) is 55.7 Å². The second-order valence-electron chi connectivity index (χ2n) is 8.77. The van der Waals surface area contributed by atoms with Gasteiger partial charge in [-0.25, -0.2) is 12.8 Å². The van der Waals surface area contributed by atoms with Gasteiger partial charge in [-0.05, 0) is 68.1 Å². The highest BCUT2D eigenvalue weighted by molar-refractivity contribution is 7.92. The van der Waals surface area contributed by atoms with E-state index in [9.17, 15) is 17.6 Å². The van der Waals surface area contributed by atoms with E-state index in [0.717, 1.165) is 34.2 Å². The number of halogens is 1. The fourth-order valence-corrected chi connectivity index (χ4v) is 5.58. The number of carbonyl (C=O) groups excluding carboxylic acids is 1. The first-order chi connectivity index (χ1) is 16.8. The van der Waals surface area contributed by atoms with Gasteiger partial charge < -0.3 is 10.2 Å². The van der Waals surface area contributed by atoms with Crippen LogP contribution >= 0.6 is 0 Å². The van der Waals surface area contributed by atoms with Crippen molar-refractivity contribution in [2.24, 2.45) is 0 Å². The zero-order valence-corrected chi connectivity index (χ0v) is 20.6. The van der Waals surface area contributed by atoms with E-state index in [2.05, 4.69) is 10.2 Å². The normalized spacial score (nSPS) is 13.9. The van der Waals surface area contributed by atoms with Crippen LogP contribution in [0.15, 0.2) is 77.7 Å². The number of carbonyl (C=O) groups is 1. The van der Waals surface area contributed by atoms with E-state index in [0.29, 0.717) is 0 Å². The zero-order chi connectivity index (χ0) is 24.8. The number of benzene rings is 3. The van der Waals surface area contributed by atoms with E-state index >= 15 is 0 Å². The van der Waals surface area contributed by atoms with Gasteiger partial charge in [0, 0.05) is 25.3 Å². The molecule has 0 atom stereocenters. The van der Waals surface area contributed by atoms with Gasteiger partial charge in [0.1, 0.15) is 12.4 Å². The molecule has 1 amide bonds. The maximum Gasteiger partial charge on any atom is 0.264 e. The minimum Gasteiger partial charge on any atom is -0.372 e. The quantitative estimate of drug-likeness (QED) is 0.495. The maximum absolute atomic E-state index is 14.6. The van der Waals surface area contributed by atoms with Crippen LogP contribution in [0.4, 0.5) is 15.8 Å². The van der Waals surface area contributed by atoms with Crippen molar-refractivity contribution in [3.63, 3.8) is 0 Å².